The van der Waals surface area contributed by atoms with E-state index in [9.17, 15) is 0 Å². The predicted octanol–water partition coefficient (Wildman–Crippen LogP) is 19.5. The van der Waals surface area contributed by atoms with E-state index in [1.165, 1.54) is 119 Å². The van der Waals surface area contributed by atoms with Crippen LogP contribution in [-0.2, 0) is 43.3 Å². The molecule has 5 heteroatoms. The van der Waals surface area contributed by atoms with E-state index in [1.807, 2.05) is 0 Å². The molecule has 81 heavy (non-hydrogen) atoms. The summed E-state index contributed by atoms with van der Waals surface area (Å²) in [5, 5.41) is 3.49. The molecule has 0 fully saturated rings. The Bertz CT molecular complexity index is 4220. The largest absolute Gasteiger partial charge is 0.468 e. The average molecular weight is 1070 g/mol. The number of para-hydroxylation sites is 1. The molecule has 2 aliphatic heterocycles. The Morgan fingerprint density at radius 2 is 0.790 bits per heavy atom. The van der Waals surface area contributed by atoms with Crippen LogP contribution in [0.5, 0.6) is 0 Å². The topological polar surface area (TPSA) is 32.8 Å². The normalized spacial score (nSPS) is 21.4. The lowest BCUT2D eigenvalue weighted by Crippen LogP contribution is -2.61. The summed E-state index contributed by atoms with van der Waals surface area (Å²) >= 11 is 0. The summed E-state index contributed by atoms with van der Waals surface area (Å²) in [5.41, 5.74) is 28.1. The van der Waals surface area contributed by atoms with Crippen molar-refractivity contribution in [2.45, 2.75) is 205 Å². The second kappa shape index (κ2) is 16.2. The fraction of sp³-hybridized carbons (Fsp3) is 0.421. The molecule has 9 aromatic rings. The number of benzene rings is 7. The highest BCUT2D eigenvalue weighted by Crippen LogP contribution is 2.57. The zero-order valence-corrected chi connectivity index (χ0v) is 51.4. The standard InChI is InChI=1S/C76H83BN2O2/c1-69(2)27-29-71(5,6)53-38-46(22-24-51(53)69)78-60-42-57-56(74(11,12)32-33-75(57,13)14)41-59(60)77-66-61(78)36-45(44-21-26-64-49(35-44)48-19-17-18-20-63(48)80-64)37-62(66)79(47-23-25-52-54(39-47)72(7,8)30-28-70(52,3)4)67-50-40-55-58(43-65(50)81-68(67)77)76(15,16)34-31-73(55,9)10/h17-26,35-43H,27-34H2,1-16H3. The number of hydrogen-bond acceptors (Lipinski definition) is 4. The third kappa shape index (κ3) is 7.27. The molecule has 0 saturated heterocycles. The van der Waals surface area contributed by atoms with Crippen molar-refractivity contribution in [3.8, 4) is 11.1 Å². The summed E-state index contributed by atoms with van der Waals surface area (Å²) in [5.74, 6) is 0. The highest BCUT2D eigenvalue weighted by atomic mass is 16.3. The maximum absolute atomic E-state index is 7.89. The van der Waals surface area contributed by atoms with Crippen LogP contribution in [0.15, 0.2) is 124 Å². The Balaban J connectivity index is 1.11. The lowest BCUT2D eigenvalue weighted by molar-refractivity contribution is 0.332. The van der Waals surface area contributed by atoms with Gasteiger partial charge in [-0.15, -0.1) is 0 Å². The van der Waals surface area contributed by atoms with E-state index in [2.05, 4.69) is 236 Å². The molecule has 412 valence electrons. The van der Waals surface area contributed by atoms with Gasteiger partial charge in [-0.05, 0) is 234 Å². The summed E-state index contributed by atoms with van der Waals surface area (Å²) in [6.07, 6.45) is 9.21. The zero-order valence-electron chi connectivity index (χ0n) is 51.4. The van der Waals surface area contributed by atoms with E-state index in [1.54, 1.807) is 0 Å². The van der Waals surface area contributed by atoms with Gasteiger partial charge >= 0.3 is 0 Å². The highest BCUT2D eigenvalue weighted by Gasteiger charge is 2.51. The first-order valence-corrected chi connectivity index (χ1v) is 30.9. The fourth-order valence-corrected chi connectivity index (χ4v) is 16.7. The lowest BCUT2D eigenvalue weighted by Gasteiger charge is -2.47. The van der Waals surface area contributed by atoms with Gasteiger partial charge in [0.15, 0.2) is 0 Å². The highest BCUT2D eigenvalue weighted by molar-refractivity contribution is 7.00. The SMILES string of the molecule is CC1(C)CCC(C)(C)c2cc(N3c4cc5c(cc4B4c6oc7cc8c(cc7c6N(c6ccc7c(c6)C(C)(C)CCC7(C)C)c6cc(-c7ccc9oc%10ccccc%10c9c7)cc3c64)C(C)(C)CCC8(C)C)C(C)(C)CCC5(C)C)ccc21. The molecule has 0 saturated carbocycles. The van der Waals surface area contributed by atoms with E-state index in [-0.39, 0.29) is 50.0 Å². The Hall–Kier alpha value is -6.46. The molecule has 2 aromatic heterocycles. The molecular formula is C76H83BN2O2. The molecule has 0 unspecified atom stereocenters. The minimum atomic E-state index is -0.181. The van der Waals surface area contributed by atoms with Gasteiger partial charge in [-0.25, -0.2) is 0 Å². The van der Waals surface area contributed by atoms with Crippen LogP contribution >= 0.6 is 0 Å². The van der Waals surface area contributed by atoms with Gasteiger partial charge in [0.1, 0.15) is 16.7 Å². The van der Waals surface area contributed by atoms with Crippen molar-refractivity contribution in [3.05, 3.63) is 160 Å². The first-order valence-electron chi connectivity index (χ1n) is 30.9. The van der Waals surface area contributed by atoms with Crippen LogP contribution in [0.1, 0.15) is 207 Å². The average Bonchev–Trinajstić information content (AvgIpc) is 4.25. The first-order chi connectivity index (χ1) is 38.1. The molecule has 6 aliphatic rings. The smallest absolute Gasteiger partial charge is 0.297 e. The quantitative estimate of drug-likeness (QED) is 0.165. The molecule has 0 atom stereocenters. The molecule has 4 nitrogen and oxygen atoms in total. The number of anilines is 6. The van der Waals surface area contributed by atoms with Crippen molar-refractivity contribution in [1.29, 1.82) is 0 Å². The van der Waals surface area contributed by atoms with Gasteiger partial charge in [0.05, 0.1) is 11.3 Å². The molecule has 0 amide bonds. The maximum atomic E-state index is 7.89. The Morgan fingerprint density at radius 3 is 1.36 bits per heavy atom. The summed E-state index contributed by atoms with van der Waals surface area (Å²) in [4.78, 5) is 5.40. The Morgan fingerprint density at radius 1 is 0.333 bits per heavy atom. The van der Waals surface area contributed by atoms with Crippen LogP contribution in [0.4, 0.5) is 34.1 Å². The minimum Gasteiger partial charge on any atom is -0.468 e. The van der Waals surface area contributed by atoms with Crippen molar-refractivity contribution in [3.63, 3.8) is 0 Å². The van der Waals surface area contributed by atoms with Gasteiger partial charge in [0.2, 0.25) is 0 Å². The van der Waals surface area contributed by atoms with Crippen molar-refractivity contribution < 1.29 is 8.83 Å². The molecule has 7 aromatic carbocycles. The first kappa shape index (κ1) is 51.4. The van der Waals surface area contributed by atoms with Crippen LogP contribution < -0.4 is 26.4 Å². The van der Waals surface area contributed by atoms with E-state index < -0.39 is 0 Å². The Labute approximate surface area is 482 Å². The van der Waals surface area contributed by atoms with E-state index >= 15 is 0 Å². The summed E-state index contributed by atoms with van der Waals surface area (Å²) in [6.45, 7) is 39.4. The molecule has 0 radical (unpaired) electrons. The molecule has 0 N–H and O–H groups in total. The number of furan rings is 2. The van der Waals surface area contributed by atoms with Gasteiger partial charge in [0, 0.05) is 44.6 Å². The van der Waals surface area contributed by atoms with Crippen molar-refractivity contribution in [2.75, 3.05) is 9.80 Å². The molecule has 15 rings (SSSR count). The monoisotopic (exact) mass is 1070 g/mol. The van der Waals surface area contributed by atoms with E-state index in [0.717, 1.165) is 71.7 Å². The molecular weight excluding hydrogens is 984 g/mol. The summed E-state index contributed by atoms with van der Waals surface area (Å²) in [6, 6.07) is 46.1. The van der Waals surface area contributed by atoms with E-state index in [0.29, 0.717) is 0 Å². The van der Waals surface area contributed by atoms with Crippen LogP contribution in [-0.4, -0.2) is 6.71 Å². The van der Waals surface area contributed by atoms with E-state index in [4.69, 9.17) is 8.83 Å². The number of rotatable bonds is 3. The molecule has 4 aliphatic carbocycles. The van der Waals surface area contributed by atoms with Crippen LogP contribution in [0.3, 0.4) is 0 Å². The summed E-state index contributed by atoms with van der Waals surface area (Å²) in [7, 11) is 0. The fourth-order valence-electron chi connectivity index (χ4n) is 16.7. The molecule has 0 spiro atoms. The third-order valence-electron chi connectivity index (χ3n) is 22.5. The second-order valence-corrected chi connectivity index (χ2v) is 31.5. The van der Waals surface area contributed by atoms with Crippen molar-refractivity contribution >= 4 is 90.3 Å². The number of fused-ring (bicyclic) bond motifs is 13. The predicted molar refractivity (Wildman–Crippen MR) is 344 cm³/mol. The van der Waals surface area contributed by atoms with Crippen LogP contribution in [0.2, 0.25) is 0 Å². The third-order valence-corrected chi connectivity index (χ3v) is 22.5. The van der Waals surface area contributed by atoms with Gasteiger partial charge in [-0.3, -0.25) is 0 Å². The second-order valence-electron chi connectivity index (χ2n) is 31.5. The van der Waals surface area contributed by atoms with Gasteiger partial charge in [-0.1, -0.05) is 153 Å². The van der Waals surface area contributed by atoms with Crippen LogP contribution in [0.25, 0.3) is 44.0 Å². The minimum absolute atomic E-state index is 0.00339. The number of hydrogen-bond donors (Lipinski definition) is 0. The Kier molecular flexibility index (Phi) is 10.3. The maximum Gasteiger partial charge on any atom is 0.297 e. The van der Waals surface area contributed by atoms with Crippen LogP contribution in [0, 0.1) is 0 Å². The summed E-state index contributed by atoms with van der Waals surface area (Å²) < 4.78 is 14.4. The van der Waals surface area contributed by atoms with Crippen molar-refractivity contribution in [1.82, 2.24) is 0 Å². The zero-order chi connectivity index (χ0) is 56.7. The lowest BCUT2D eigenvalue weighted by atomic mass is 9.35. The van der Waals surface area contributed by atoms with Gasteiger partial charge in [-0.2, -0.15) is 0 Å². The van der Waals surface area contributed by atoms with Gasteiger partial charge < -0.3 is 18.6 Å². The van der Waals surface area contributed by atoms with Gasteiger partial charge in [0.25, 0.3) is 6.71 Å². The molecule has 0 bridgehead atoms. The van der Waals surface area contributed by atoms with Crippen molar-refractivity contribution in [2.24, 2.45) is 0 Å². The molecule has 4 heterocycles. The number of nitrogens with zero attached hydrogens (tertiary/aromatic N) is 2.